The predicted molar refractivity (Wildman–Crippen MR) is 158 cm³/mol. The van der Waals surface area contributed by atoms with E-state index >= 15 is 4.39 Å². The molecule has 0 saturated carbocycles. The lowest BCUT2D eigenvalue weighted by atomic mass is 9.87. The number of alkyl halides is 1. The molecule has 1 fully saturated rings. The highest BCUT2D eigenvalue weighted by Crippen LogP contribution is 2.52. The number of esters is 1. The smallest absolute Gasteiger partial charge is 0.455 e. The normalized spacial score (nSPS) is 26.0. The van der Waals surface area contributed by atoms with E-state index in [-0.39, 0.29) is 13.3 Å². The molecule has 0 unspecified atom stereocenters. The van der Waals surface area contributed by atoms with Gasteiger partial charge in [0, 0.05) is 6.20 Å². The van der Waals surface area contributed by atoms with Crippen LogP contribution >= 0.6 is 7.82 Å². The Morgan fingerprint density at radius 1 is 1.08 bits per heavy atom. The van der Waals surface area contributed by atoms with Crippen LogP contribution in [0.15, 0.2) is 12.3 Å². The fourth-order valence-corrected chi connectivity index (χ4v) is 5.08. The van der Waals surface area contributed by atoms with Crippen LogP contribution in [0.1, 0.15) is 48.5 Å². The molecule has 4 N–H and O–H groups in total. The number of halogens is 1. The molecule has 276 valence electrons. The van der Waals surface area contributed by atoms with Gasteiger partial charge in [0.1, 0.15) is 25.0 Å². The van der Waals surface area contributed by atoms with Crippen LogP contribution < -0.4 is 11.1 Å². The quantitative estimate of drug-likeness (QED) is 0.0899. The maximum atomic E-state index is 15.2. The first-order valence-electron chi connectivity index (χ1n) is 14.8. The Morgan fingerprint density at radius 3 is 2.15 bits per heavy atom. The maximum Gasteiger partial charge on any atom is 0.510 e. The highest BCUT2D eigenvalue weighted by molar-refractivity contribution is 7.48. The summed E-state index contributed by atoms with van der Waals surface area (Å²) in [7, 11) is -5.00. The number of nitrogens with two attached hydrogens (primary N) is 1. The molecule has 0 aromatic carbocycles. The molecule has 2 rings (SSSR count). The van der Waals surface area contributed by atoms with Crippen LogP contribution in [-0.2, 0) is 56.1 Å². The van der Waals surface area contributed by atoms with E-state index in [1.54, 1.807) is 13.8 Å². The van der Waals surface area contributed by atoms with Crippen LogP contribution in [0.2, 0.25) is 0 Å². The van der Waals surface area contributed by atoms with Crippen molar-refractivity contribution in [2.75, 3.05) is 40.2 Å². The van der Waals surface area contributed by atoms with Crippen molar-refractivity contribution in [1.82, 2.24) is 10.2 Å². The van der Waals surface area contributed by atoms with Gasteiger partial charge in [-0.05, 0) is 46.6 Å². The fourth-order valence-electron chi connectivity index (χ4n) is 4.12. The second kappa shape index (κ2) is 18.1. The molecule has 0 spiro atoms. The number of nitrogens with zero attached hydrogens (tertiary/aromatic N) is 1. The number of nitrogens with one attached hydrogen (secondary N) is 1. The van der Waals surface area contributed by atoms with E-state index in [4.69, 9.17) is 52.5 Å². The third-order valence-electron chi connectivity index (χ3n) is 6.50. The Kier molecular flexibility index (Phi) is 15.4. The summed E-state index contributed by atoms with van der Waals surface area (Å²) in [6.07, 6.45) is -4.71. The number of amides is 2. The Hall–Kier alpha value is -3.10. The van der Waals surface area contributed by atoms with Gasteiger partial charge >= 0.3 is 32.1 Å². The van der Waals surface area contributed by atoms with E-state index in [0.717, 1.165) is 11.8 Å². The lowest BCUT2D eigenvalue weighted by Gasteiger charge is -2.36. The minimum atomic E-state index is -5.00. The SMILES string of the molecule is CC(C)OC(=O)OCOP(=O)(OCOC(=O)OC(C)C)OC[C@@]1(CF)O[C@@H](N2/C=C\COCNC2=O)[C@](C)(O)[C@@H]1OC(=O)[C@H](N)C(C)C. The summed E-state index contributed by atoms with van der Waals surface area (Å²) in [5.41, 5.74) is 1.07. The Morgan fingerprint density at radius 2 is 1.65 bits per heavy atom. The monoisotopic (exact) mass is 717 g/mol. The summed E-state index contributed by atoms with van der Waals surface area (Å²) in [6.45, 7) is 5.38. The van der Waals surface area contributed by atoms with Crippen LogP contribution in [0.3, 0.4) is 0 Å². The van der Waals surface area contributed by atoms with Crippen molar-refractivity contribution in [3.05, 3.63) is 12.3 Å². The average molecular weight is 718 g/mol. The lowest BCUT2D eigenvalue weighted by Crippen LogP contribution is -2.59. The molecule has 21 heteroatoms. The number of ether oxygens (including phenoxy) is 7. The Balaban J connectivity index is 2.44. The summed E-state index contributed by atoms with van der Waals surface area (Å²) in [5.74, 6) is -1.52. The molecule has 0 aliphatic carbocycles. The van der Waals surface area contributed by atoms with Crippen molar-refractivity contribution in [3.63, 3.8) is 0 Å². The third kappa shape index (κ3) is 11.5. The first-order chi connectivity index (χ1) is 22.4. The first-order valence-corrected chi connectivity index (χ1v) is 16.3. The summed E-state index contributed by atoms with van der Waals surface area (Å²) in [5, 5.41) is 14.1. The zero-order valence-corrected chi connectivity index (χ0v) is 28.7. The van der Waals surface area contributed by atoms with Crippen LogP contribution in [0.5, 0.6) is 0 Å². The van der Waals surface area contributed by atoms with Gasteiger partial charge in [-0.1, -0.05) is 13.8 Å². The standard InChI is InChI=1S/C27H45FN3O16P/c1-16(2)19(29)20(32)46-21-26(7,36)22(31-9-8-10-38-13-30-23(31)33)47-27(21,11-28)12-41-48(37,42-14-39-24(34)44-17(3)4)43-15-40-25(35)45-18(5)6/h8-9,16-19,21-22,36H,10-15,29H2,1-7H3,(H,30,33)/b9-8-/t19-,21+,22-,26-,27-/m1/s1. The van der Waals surface area contributed by atoms with Crippen LogP contribution in [-0.4, -0.2) is 116 Å². The zero-order chi connectivity index (χ0) is 36.3. The van der Waals surface area contributed by atoms with Crippen molar-refractivity contribution in [1.29, 1.82) is 0 Å². The van der Waals surface area contributed by atoms with Crippen molar-refractivity contribution < 1.29 is 80.0 Å². The minimum absolute atomic E-state index is 0.0437. The number of phosphoric acid groups is 1. The fraction of sp³-hybridized carbons (Fsp3) is 0.778. The van der Waals surface area contributed by atoms with Crippen molar-refractivity contribution >= 4 is 32.1 Å². The minimum Gasteiger partial charge on any atom is -0.455 e. The molecular formula is C27H45FN3O16P. The molecule has 1 saturated heterocycles. The van der Waals surface area contributed by atoms with Gasteiger partial charge in [0.2, 0.25) is 13.6 Å². The second-order valence-electron chi connectivity index (χ2n) is 11.6. The van der Waals surface area contributed by atoms with E-state index < -0.39 is 107 Å². The van der Waals surface area contributed by atoms with E-state index in [1.165, 1.54) is 40.0 Å². The Labute approximate surface area is 276 Å². The lowest BCUT2D eigenvalue weighted by molar-refractivity contribution is -0.178. The highest BCUT2D eigenvalue weighted by Gasteiger charge is 2.66. The molecule has 0 bridgehead atoms. The molecular weight excluding hydrogens is 672 g/mol. The van der Waals surface area contributed by atoms with Crippen molar-refractivity contribution in [2.45, 2.75) is 90.2 Å². The number of aliphatic hydroxyl groups is 1. The molecule has 0 radical (unpaired) electrons. The van der Waals surface area contributed by atoms with E-state index in [2.05, 4.69) is 5.32 Å². The summed E-state index contributed by atoms with van der Waals surface area (Å²) in [4.78, 5) is 50.4. The molecule has 2 heterocycles. The summed E-state index contributed by atoms with van der Waals surface area (Å²) >= 11 is 0. The van der Waals surface area contributed by atoms with Gasteiger partial charge < -0.3 is 49.3 Å². The maximum absolute atomic E-state index is 15.2. The number of phosphoric ester groups is 1. The highest BCUT2D eigenvalue weighted by atomic mass is 31.2. The number of carbonyl (C=O) groups is 4. The molecule has 0 aromatic rings. The van der Waals surface area contributed by atoms with Gasteiger partial charge in [-0.3, -0.25) is 14.2 Å². The number of carbonyl (C=O) groups excluding carboxylic acids is 4. The van der Waals surface area contributed by atoms with Crippen LogP contribution in [0.4, 0.5) is 18.8 Å². The molecule has 19 nitrogen and oxygen atoms in total. The zero-order valence-electron chi connectivity index (χ0n) is 27.8. The van der Waals surface area contributed by atoms with E-state index in [1.807, 2.05) is 0 Å². The van der Waals surface area contributed by atoms with Gasteiger partial charge in [0.25, 0.3) is 0 Å². The summed E-state index contributed by atoms with van der Waals surface area (Å²) < 4.78 is 79.8. The summed E-state index contributed by atoms with van der Waals surface area (Å²) in [6, 6.07) is -2.08. The second-order valence-corrected chi connectivity index (χ2v) is 13.3. The van der Waals surface area contributed by atoms with E-state index in [0.29, 0.717) is 0 Å². The van der Waals surface area contributed by atoms with Crippen molar-refractivity contribution in [2.24, 2.45) is 11.7 Å². The molecule has 2 amide bonds. The van der Waals surface area contributed by atoms with Gasteiger partial charge in [0.15, 0.2) is 17.9 Å². The first kappa shape index (κ1) is 41.1. The number of hydrogen-bond acceptors (Lipinski definition) is 17. The number of hydrogen-bond donors (Lipinski definition) is 3. The van der Waals surface area contributed by atoms with Crippen LogP contribution in [0, 0.1) is 5.92 Å². The van der Waals surface area contributed by atoms with Gasteiger partial charge in [-0.15, -0.1) is 0 Å². The third-order valence-corrected chi connectivity index (χ3v) is 7.79. The van der Waals surface area contributed by atoms with Crippen LogP contribution in [0.25, 0.3) is 0 Å². The molecule has 2 aliphatic rings. The van der Waals surface area contributed by atoms with Gasteiger partial charge in [0.05, 0.1) is 25.4 Å². The van der Waals surface area contributed by atoms with Gasteiger partial charge in [-0.25, -0.2) is 32.4 Å². The average Bonchev–Trinajstić information content (AvgIpc) is 3.19. The molecule has 0 aromatic heterocycles. The van der Waals surface area contributed by atoms with Gasteiger partial charge in [-0.2, -0.15) is 0 Å². The predicted octanol–water partition coefficient (Wildman–Crippen LogP) is 2.41. The molecule has 5 atom stereocenters. The Bertz CT molecular complexity index is 1160. The molecule has 48 heavy (non-hydrogen) atoms. The molecule has 2 aliphatic heterocycles. The van der Waals surface area contributed by atoms with Crippen molar-refractivity contribution in [3.8, 4) is 0 Å². The number of rotatable bonds is 16. The topological polar surface area (TPSA) is 239 Å². The van der Waals surface area contributed by atoms with E-state index in [9.17, 15) is 28.8 Å². The largest absolute Gasteiger partial charge is 0.510 e. The number of urea groups is 1.